The molecule has 0 saturated heterocycles. The second-order valence-electron chi connectivity index (χ2n) is 4.52. The van der Waals surface area contributed by atoms with Crippen molar-refractivity contribution in [1.82, 2.24) is 0 Å². The van der Waals surface area contributed by atoms with Crippen LogP contribution in [0.5, 0.6) is 11.5 Å². The lowest BCUT2D eigenvalue weighted by Crippen LogP contribution is -2.33. The maximum absolute atomic E-state index is 6.42. The van der Waals surface area contributed by atoms with E-state index in [0.29, 0.717) is 10.8 Å². The van der Waals surface area contributed by atoms with Crippen LogP contribution in [0.2, 0.25) is 5.02 Å². The molecule has 3 nitrogen and oxygen atoms in total. The molecule has 0 spiro atoms. The topological polar surface area (TPSA) is 44.5 Å². The van der Waals surface area contributed by atoms with Crippen LogP contribution in [0.4, 0.5) is 0 Å². The van der Waals surface area contributed by atoms with Crippen LogP contribution in [-0.4, -0.2) is 6.79 Å². The average Bonchev–Trinajstić information content (AvgIpc) is 2.88. The standard InChI is InChI=1S/C12H14ClNO2/c13-9-4-3-8(10-11(9)16-7-15-10)12(14)5-1-2-6-12/h3-4H,1-2,5-7,14H2. The van der Waals surface area contributed by atoms with Crippen molar-refractivity contribution in [3.8, 4) is 11.5 Å². The normalized spacial score (nSPS) is 21.4. The van der Waals surface area contributed by atoms with Crippen molar-refractivity contribution in [3.63, 3.8) is 0 Å². The summed E-state index contributed by atoms with van der Waals surface area (Å²) in [5.74, 6) is 1.40. The van der Waals surface area contributed by atoms with E-state index >= 15 is 0 Å². The maximum Gasteiger partial charge on any atom is 0.231 e. The number of hydrogen-bond acceptors (Lipinski definition) is 3. The first-order valence-electron chi connectivity index (χ1n) is 5.58. The molecule has 1 aromatic rings. The molecule has 2 N–H and O–H groups in total. The van der Waals surface area contributed by atoms with Gasteiger partial charge in [0.2, 0.25) is 6.79 Å². The highest BCUT2D eigenvalue weighted by Gasteiger charge is 2.36. The smallest absolute Gasteiger partial charge is 0.231 e. The van der Waals surface area contributed by atoms with Crippen LogP contribution >= 0.6 is 11.6 Å². The molecule has 0 unspecified atom stereocenters. The van der Waals surface area contributed by atoms with Crippen LogP contribution in [0.25, 0.3) is 0 Å². The van der Waals surface area contributed by atoms with Crippen LogP contribution in [0.1, 0.15) is 31.2 Å². The third kappa shape index (κ3) is 1.39. The molecule has 1 aliphatic carbocycles. The van der Waals surface area contributed by atoms with Crippen molar-refractivity contribution in [2.75, 3.05) is 6.79 Å². The van der Waals surface area contributed by atoms with E-state index in [1.54, 1.807) is 0 Å². The van der Waals surface area contributed by atoms with Crippen molar-refractivity contribution in [2.45, 2.75) is 31.2 Å². The lowest BCUT2D eigenvalue weighted by atomic mass is 9.88. The summed E-state index contributed by atoms with van der Waals surface area (Å²) in [5, 5.41) is 0.595. The van der Waals surface area contributed by atoms with Gasteiger partial charge in [0.15, 0.2) is 11.5 Å². The molecule has 4 heteroatoms. The van der Waals surface area contributed by atoms with E-state index in [9.17, 15) is 0 Å². The van der Waals surface area contributed by atoms with E-state index in [-0.39, 0.29) is 12.3 Å². The van der Waals surface area contributed by atoms with Crippen LogP contribution in [-0.2, 0) is 5.54 Å². The van der Waals surface area contributed by atoms with E-state index in [0.717, 1.165) is 24.2 Å². The molecular formula is C12H14ClNO2. The van der Waals surface area contributed by atoms with Gasteiger partial charge < -0.3 is 15.2 Å². The lowest BCUT2D eigenvalue weighted by Gasteiger charge is -2.25. The number of ether oxygens (including phenoxy) is 2. The van der Waals surface area contributed by atoms with Gasteiger partial charge in [-0.2, -0.15) is 0 Å². The minimum Gasteiger partial charge on any atom is -0.453 e. The molecule has 0 atom stereocenters. The van der Waals surface area contributed by atoms with Crippen LogP contribution in [0, 0.1) is 0 Å². The third-order valence-electron chi connectivity index (χ3n) is 3.50. The minimum absolute atomic E-state index is 0.238. The SMILES string of the molecule is NC1(c2ccc(Cl)c3c2OCO3)CCCC1. The first kappa shape index (κ1) is 10.2. The molecule has 16 heavy (non-hydrogen) atoms. The molecule has 0 radical (unpaired) electrons. The summed E-state index contributed by atoms with van der Waals surface area (Å²) in [6, 6.07) is 3.82. The van der Waals surface area contributed by atoms with Gasteiger partial charge in [-0.3, -0.25) is 0 Å². The van der Waals surface area contributed by atoms with E-state index in [1.807, 2.05) is 12.1 Å². The Hall–Kier alpha value is -0.930. The van der Waals surface area contributed by atoms with E-state index < -0.39 is 0 Å². The largest absolute Gasteiger partial charge is 0.453 e. The molecule has 0 bridgehead atoms. The fourth-order valence-electron chi connectivity index (χ4n) is 2.63. The van der Waals surface area contributed by atoms with Crippen molar-refractivity contribution in [2.24, 2.45) is 5.73 Å². The predicted molar refractivity (Wildman–Crippen MR) is 61.9 cm³/mol. The number of halogens is 1. The summed E-state index contributed by atoms with van der Waals surface area (Å²) in [7, 11) is 0. The highest BCUT2D eigenvalue weighted by Crippen LogP contribution is 2.48. The maximum atomic E-state index is 6.42. The highest BCUT2D eigenvalue weighted by atomic mass is 35.5. The Labute approximate surface area is 99.5 Å². The number of nitrogens with two attached hydrogens (primary N) is 1. The van der Waals surface area contributed by atoms with Gasteiger partial charge in [0, 0.05) is 11.1 Å². The zero-order chi connectivity index (χ0) is 11.2. The molecule has 2 aliphatic rings. The monoisotopic (exact) mass is 239 g/mol. The van der Waals surface area contributed by atoms with Gasteiger partial charge in [0.05, 0.1) is 5.02 Å². The Balaban J connectivity index is 2.11. The number of fused-ring (bicyclic) bond motifs is 1. The quantitative estimate of drug-likeness (QED) is 0.820. The van der Waals surface area contributed by atoms with Gasteiger partial charge in [0.1, 0.15) is 0 Å². The van der Waals surface area contributed by atoms with E-state index in [4.69, 9.17) is 26.8 Å². The highest BCUT2D eigenvalue weighted by molar-refractivity contribution is 6.32. The Morgan fingerprint density at radius 2 is 1.81 bits per heavy atom. The van der Waals surface area contributed by atoms with Gasteiger partial charge in [0.25, 0.3) is 0 Å². The second kappa shape index (κ2) is 3.54. The van der Waals surface area contributed by atoms with Crippen molar-refractivity contribution >= 4 is 11.6 Å². The van der Waals surface area contributed by atoms with Crippen LogP contribution < -0.4 is 15.2 Å². The lowest BCUT2D eigenvalue weighted by molar-refractivity contribution is 0.172. The molecule has 1 fully saturated rings. The molecular weight excluding hydrogens is 226 g/mol. The Kier molecular flexibility index (Phi) is 2.26. The third-order valence-corrected chi connectivity index (χ3v) is 3.80. The molecule has 1 saturated carbocycles. The van der Waals surface area contributed by atoms with Crippen LogP contribution in [0.15, 0.2) is 12.1 Å². The van der Waals surface area contributed by atoms with Gasteiger partial charge in [-0.05, 0) is 18.9 Å². The fourth-order valence-corrected chi connectivity index (χ4v) is 2.83. The Morgan fingerprint density at radius 3 is 2.56 bits per heavy atom. The van der Waals surface area contributed by atoms with Gasteiger partial charge in [-0.15, -0.1) is 0 Å². The van der Waals surface area contributed by atoms with Crippen LogP contribution in [0.3, 0.4) is 0 Å². The van der Waals surface area contributed by atoms with Gasteiger partial charge in [-0.25, -0.2) is 0 Å². The number of hydrogen-bond donors (Lipinski definition) is 1. The fraction of sp³-hybridized carbons (Fsp3) is 0.500. The van der Waals surface area contributed by atoms with E-state index in [1.165, 1.54) is 12.8 Å². The molecule has 1 heterocycles. The molecule has 86 valence electrons. The van der Waals surface area contributed by atoms with Gasteiger partial charge in [-0.1, -0.05) is 30.5 Å². The summed E-state index contributed by atoms with van der Waals surface area (Å²) in [5.41, 5.74) is 7.21. The first-order valence-corrected chi connectivity index (χ1v) is 5.96. The Morgan fingerprint density at radius 1 is 1.12 bits per heavy atom. The van der Waals surface area contributed by atoms with Gasteiger partial charge >= 0.3 is 0 Å². The first-order chi connectivity index (χ1) is 7.71. The molecule has 3 rings (SSSR count). The summed E-state index contributed by atoms with van der Waals surface area (Å²) < 4.78 is 10.9. The number of benzene rings is 1. The van der Waals surface area contributed by atoms with Crippen molar-refractivity contribution in [3.05, 3.63) is 22.7 Å². The van der Waals surface area contributed by atoms with E-state index in [2.05, 4.69) is 0 Å². The summed E-state index contributed by atoms with van der Waals surface area (Å²) >= 11 is 6.05. The minimum atomic E-state index is -0.262. The predicted octanol–water partition coefficient (Wildman–Crippen LogP) is 2.80. The zero-order valence-electron chi connectivity index (χ0n) is 8.96. The molecule has 1 aromatic carbocycles. The number of rotatable bonds is 1. The Bertz CT molecular complexity index is 427. The zero-order valence-corrected chi connectivity index (χ0v) is 9.72. The summed E-state index contributed by atoms with van der Waals surface area (Å²) in [4.78, 5) is 0. The second-order valence-corrected chi connectivity index (χ2v) is 4.93. The average molecular weight is 240 g/mol. The van der Waals surface area contributed by atoms with Crippen molar-refractivity contribution in [1.29, 1.82) is 0 Å². The van der Waals surface area contributed by atoms with Crippen molar-refractivity contribution < 1.29 is 9.47 Å². The molecule has 0 amide bonds. The summed E-state index contributed by atoms with van der Waals surface area (Å²) in [6.07, 6.45) is 4.36. The molecule has 0 aromatic heterocycles. The summed E-state index contributed by atoms with van der Waals surface area (Å²) in [6.45, 7) is 0.238. The molecule has 1 aliphatic heterocycles.